The molecule has 0 fully saturated rings. The Morgan fingerprint density at radius 3 is 2.48 bits per heavy atom. The van der Waals surface area contributed by atoms with Crippen LogP contribution in [-0.4, -0.2) is 37.0 Å². The van der Waals surface area contributed by atoms with Gasteiger partial charge in [-0.1, -0.05) is 0 Å². The minimum absolute atomic E-state index is 0.184. The van der Waals surface area contributed by atoms with Gasteiger partial charge in [-0.3, -0.25) is 0 Å². The maximum atomic E-state index is 6.25. The van der Waals surface area contributed by atoms with Crippen molar-refractivity contribution in [3.05, 3.63) is 18.0 Å². The fraction of sp³-hybridized carbons (Fsp3) is 0.533. The Labute approximate surface area is 129 Å². The molecule has 1 atom stereocenters. The highest BCUT2D eigenvalue weighted by Gasteiger charge is 2.17. The van der Waals surface area contributed by atoms with Crippen LogP contribution in [0.4, 0.5) is 0 Å². The number of ether oxygens (including phenoxy) is 3. The van der Waals surface area contributed by atoms with Crippen molar-refractivity contribution in [1.82, 2.24) is 9.55 Å². The fourth-order valence-electron chi connectivity index (χ4n) is 2.31. The Bertz CT molecular complexity index is 610. The molecule has 0 N–H and O–H groups in total. The topological polar surface area (TPSA) is 45.5 Å². The molecular weight excluding hydrogens is 292 g/mol. The van der Waals surface area contributed by atoms with Gasteiger partial charge in [0.15, 0.2) is 11.5 Å². The third-order valence-corrected chi connectivity index (χ3v) is 3.50. The first-order valence-electron chi connectivity index (χ1n) is 6.96. The van der Waals surface area contributed by atoms with Crippen molar-refractivity contribution in [2.24, 2.45) is 0 Å². The number of alkyl halides is 1. The molecule has 1 heterocycles. The van der Waals surface area contributed by atoms with E-state index in [0.717, 1.165) is 16.9 Å². The van der Waals surface area contributed by atoms with Crippen LogP contribution >= 0.6 is 11.6 Å². The molecule has 1 aromatic carbocycles. The second kappa shape index (κ2) is 7.00. The molecule has 21 heavy (non-hydrogen) atoms. The second-order valence-corrected chi connectivity index (χ2v) is 5.29. The van der Waals surface area contributed by atoms with E-state index in [1.807, 2.05) is 26.0 Å². The predicted molar refractivity (Wildman–Crippen MR) is 83.6 cm³/mol. The van der Waals surface area contributed by atoms with Crippen LogP contribution in [0.5, 0.6) is 11.5 Å². The van der Waals surface area contributed by atoms with Gasteiger partial charge < -0.3 is 18.8 Å². The zero-order valence-electron chi connectivity index (χ0n) is 12.9. The van der Waals surface area contributed by atoms with E-state index in [0.29, 0.717) is 31.3 Å². The number of hydrogen-bond acceptors (Lipinski definition) is 4. The molecule has 0 aliphatic heterocycles. The molecule has 1 aromatic heterocycles. The molecule has 5 nitrogen and oxygen atoms in total. The Kier molecular flexibility index (Phi) is 5.31. The SMILES string of the molecule is CCOCCn1c(C(C)Cl)nc2cc(OC)c(OC)cc21. The Balaban J connectivity index is 2.53. The van der Waals surface area contributed by atoms with Crippen molar-refractivity contribution in [2.75, 3.05) is 27.4 Å². The highest BCUT2D eigenvalue weighted by molar-refractivity contribution is 6.20. The maximum Gasteiger partial charge on any atom is 0.163 e. The summed E-state index contributed by atoms with van der Waals surface area (Å²) in [6.07, 6.45) is 0. The summed E-state index contributed by atoms with van der Waals surface area (Å²) >= 11 is 6.25. The van der Waals surface area contributed by atoms with Crippen molar-refractivity contribution in [3.63, 3.8) is 0 Å². The highest BCUT2D eigenvalue weighted by atomic mass is 35.5. The molecule has 0 spiro atoms. The number of halogens is 1. The van der Waals surface area contributed by atoms with Gasteiger partial charge in [-0.25, -0.2) is 4.98 Å². The molecule has 0 aliphatic carbocycles. The largest absolute Gasteiger partial charge is 0.493 e. The van der Waals surface area contributed by atoms with Gasteiger partial charge in [0.1, 0.15) is 5.82 Å². The monoisotopic (exact) mass is 312 g/mol. The third-order valence-electron chi connectivity index (χ3n) is 3.30. The third kappa shape index (κ3) is 3.24. The smallest absolute Gasteiger partial charge is 0.163 e. The zero-order valence-corrected chi connectivity index (χ0v) is 13.6. The Hall–Kier alpha value is -1.46. The number of nitrogens with zero attached hydrogens (tertiary/aromatic N) is 2. The first-order chi connectivity index (χ1) is 10.1. The van der Waals surface area contributed by atoms with Gasteiger partial charge >= 0.3 is 0 Å². The van der Waals surface area contributed by atoms with E-state index in [9.17, 15) is 0 Å². The number of fused-ring (bicyclic) bond motifs is 1. The van der Waals surface area contributed by atoms with Gasteiger partial charge in [0.2, 0.25) is 0 Å². The lowest BCUT2D eigenvalue weighted by Gasteiger charge is -2.11. The van der Waals surface area contributed by atoms with Crippen LogP contribution in [0.15, 0.2) is 12.1 Å². The van der Waals surface area contributed by atoms with Crippen molar-refractivity contribution >= 4 is 22.6 Å². The van der Waals surface area contributed by atoms with Crippen LogP contribution in [0.1, 0.15) is 25.0 Å². The molecule has 116 valence electrons. The zero-order chi connectivity index (χ0) is 15.4. The number of imidazole rings is 1. The lowest BCUT2D eigenvalue weighted by molar-refractivity contribution is 0.139. The molecule has 0 saturated heterocycles. The lowest BCUT2D eigenvalue weighted by atomic mass is 10.2. The van der Waals surface area contributed by atoms with Gasteiger partial charge in [0.25, 0.3) is 0 Å². The van der Waals surface area contributed by atoms with Gasteiger partial charge in [0, 0.05) is 25.3 Å². The lowest BCUT2D eigenvalue weighted by Crippen LogP contribution is -2.10. The molecule has 0 amide bonds. The molecule has 0 saturated carbocycles. The Morgan fingerprint density at radius 1 is 1.24 bits per heavy atom. The van der Waals surface area contributed by atoms with E-state index >= 15 is 0 Å². The molecule has 0 radical (unpaired) electrons. The molecule has 1 unspecified atom stereocenters. The van der Waals surface area contributed by atoms with Crippen LogP contribution in [0.25, 0.3) is 11.0 Å². The van der Waals surface area contributed by atoms with Crippen molar-refractivity contribution in [2.45, 2.75) is 25.8 Å². The summed E-state index contributed by atoms with van der Waals surface area (Å²) in [6.45, 7) is 5.90. The Morgan fingerprint density at radius 2 is 1.90 bits per heavy atom. The van der Waals surface area contributed by atoms with Crippen LogP contribution in [-0.2, 0) is 11.3 Å². The molecule has 6 heteroatoms. The van der Waals surface area contributed by atoms with E-state index in [1.165, 1.54) is 0 Å². The average Bonchev–Trinajstić information content (AvgIpc) is 2.84. The average molecular weight is 313 g/mol. The van der Waals surface area contributed by atoms with Crippen LogP contribution in [0, 0.1) is 0 Å². The van der Waals surface area contributed by atoms with Gasteiger partial charge in [-0.05, 0) is 13.8 Å². The predicted octanol–water partition coefficient (Wildman–Crippen LogP) is 3.39. The first kappa shape index (κ1) is 15.9. The number of rotatable bonds is 7. The number of methoxy groups -OCH3 is 2. The molecule has 2 rings (SSSR count). The molecular formula is C15H21ClN2O3. The van der Waals surface area contributed by atoms with Gasteiger partial charge in [-0.15, -0.1) is 11.6 Å². The minimum Gasteiger partial charge on any atom is -0.493 e. The molecule has 2 aromatic rings. The van der Waals surface area contributed by atoms with Crippen molar-refractivity contribution in [1.29, 1.82) is 0 Å². The number of benzene rings is 1. The molecule has 0 aliphatic rings. The minimum atomic E-state index is -0.184. The van der Waals surface area contributed by atoms with Crippen molar-refractivity contribution < 1.29 is 14.2 Å². The summed E-state index contributed by atoms with van der Waals surface area (Å²) in [4.78, 5) is 4.61. The summed E-state index contributed by atoms with van der Waals surface area (Å²) in [6, 6.07) is 3.80. The standard InChI is InChI=1S/C15H21ClN2O3/c1-5-21-7-6-18-12-9-14(20-4)13(19-3)8-11(12)17-15(18)10(2)16/h8-10H,5-7H2,1-4H3. The normalized spacial score (nSPS) is 12.6. The van der Waals surface area contributed by atoms with Crippen LogP contribution in [0.3, 0.4) is 0 Å². The summed E-state index contributed by atoms with van der Waals surface area (Å²) < 4.78 is 18.2. The number of aromatic nitrogens is 2. The van der Waals surface area contributed by atoms with Crippen LogP contribution < -0.4 is 9.47 Å². The maximum absolute atomic E-state index is 6.25. The fourth-order valence-corrected chi connectivity index (χ4v) is 2.48. The molecule has 0 bridgehead atoms. The van der Waals surface area contributed by atoms with E-state index in [1.54, 1.807) is 14.2 Å². The van der Waals surface area contributed by atoms with E-state index in [4.69, 9.17) is 25.8 Å². The summed E-state index contributed by atoms with van der Waals surface area (Å²) in [5.74, 6) is 2.16. The van der Waals surface area contributed by atoms with Gasteiger partial charge in [-0.2, -0.15) is 0 Å². The van der Waals surface area contributed by atoms with E-state index < -0.39 is 0 Å². The highest BCUT2D eigenvalue weighted by Crippen LogP contribution is 2.34. The van der Waals surface area contributed by atoms with Crippen molar-refractivity contribution in [3.8, 4) is 11.5 Å². The number of hydrogen-bond donors (Lipinski definition) is 0. The van der Waals surface area contributed by atoms with Gasteiger partial charge in [0.05, 0.1) is 37.2 Å². The second-order valence-electron chi connectivity index (χ2n) is 4.63. The summed E-state index contributed by atoms with van der Waals surface area (Å²) in [7, 11) is 3.23. The quantitative estimate of drug-likeness (QED) is 0.581. The summed E-state index contributed by atoms with van der Waals surface area (Å²) in [5, 5.41) is -0.184. The first-order valence-corrected chi connectivity index (χ1v) is 7.40. The van der Waals surface area contributed by atoms with E-state index in [-0.39, 0.29) is 5.38 Å². The summed E-state index contributed by atoms with van der Waals surface area (Å²) in [5.41, 5.74) is 1.81. The van der Waals surface area contributed by atoms with Crippen LogP contribution in [0.2, 0.25) is 0 Å². The van der Waals surface area contributed by atoms with E-state index in [2.05, 4.69) is 9.55 Å².